The van der Waals surface area contributed by atoms with Crippen LogP contribution in [0.5, 0.6) is 5.75 Å². The molecule has 3 nitrogen and oxygen atoms in total. The molecule has 0 unspecified atom stereocenters. The van der Waals surface area contributed by atoms with Gasteiger partial charge in [-0.05, 0) is 70.1 Å². The van der Waals surface area contributed by atoms with Crippen molar-refractivity contribution < 1.29 is 4.74 Å². The van der Waals surface area contributed by atoms with Crippen molar-refractivity contribution in [3.63, 3.8) is 0 Å². The van der Waals surface area contributed by atoms with Crippen molar-refractivity contribution in [3.05, 3.63) is 24.3 Å². The van der Waals surface area contributed by atoms with Crippen LogP contribution in [0.15, 0.2) is 24.3 Å². The minimum absolute atomic E-state index is 0.142. The molecular formula is C17H26N2OS. The molecule has 0 radical (unpaired) electrons. The van der Waals surface area contributed by atoms with Gasteiger partial charge in [0.15, 0.2) is 5.11 Å². The maximum atomic E-state index is 5.64. The molecule has 1 aromatic rings. The van der Waals surface area contributed by atoms with E-state index in [2.05, 4.69) is 17.6 Å². The molecule has 4 heteroatoms. The predicted molar refractivity (Wildman–Crippen MR) is 93.1 cm³/mol. The van der Waals surface area contributed by atoms with Crippen molar-refractivity contribution in [2.24, 2.45) is 0 Å². The standard InChI is InChI=1S/C17H26N2OS/c1-13(2)20-15-9-7-14(8-10-15)18-16(21)19-17(3)11-5-4-6-12-17/h7-10,13H,4-6,11-12H2,1-3H3,(H2,18,19,21). The zero-order valence-corrected chi connectivity index (χ0v) is 14.1. The molecule has 0 heterocycles. The minimum Gasteiger partial charge on any atom is -0.491 e. The third kappa shape index (κ3) is 5.20. The normalized spacial score (nSPS) is 17.3. The first-order chi connectivity index (χ1) is 9.97. The van der Waals surface area contributed by atoms with Gasteiger partial charge in [0.2, 0.25) is 0 Å². The van der Waals surface area contributed by atoms with E-state index in [9.17, 15) is 0 Å². The number of benzene rings is 1. The van der Waals surface area contributed by atoms with Crippen molar-refractivity contribution in [1.29, 1.82) is 0 Å². The monoisotopic (exact) mass is 306 g/mol. The van der Waals surface area contributed by atoms with E-state index in [1.165, 1.54) is 32.1 Å². The number of hydrogen-bond acceptors (Lipinski definition) is 2. The molecule has 0 spiro atoms. The maximum absolute atomic E-state index is 5.64. The van der Waals surface area contributed by atoms with Gasteiger partial charge in [-0.25, -0.2) is 0 Å². The number of anilines is 1. The summed E-state index contributed by atoms with van der Waals surface area (Å²) in [5.74, 6) is 0.883. The lowest BCUT2D eigenvalue weighted by atomic mass is 9.83. The van der Waals surface area contributed by atoms with Gasteiger partial charge in [-0.3, -0.25) is 0 Å². The van der Waals surface area contributed by atoms with Gasteiger partial charge in [-0.2, -0.15) is 0 Å². The van der Waals surface area contributed by atoms with E-state index in [1.54, 1.807) is 0 Å². The van der Waals surface area contributed by atoms with Gasteiger partial charge in [-0.15, -0.1) is 0 Å². The summed E-state index contributed by atoms with van der Waals surface area (Å²) in [5, 5.41) is 7.44. The molecule has 1 saturated carbocycles. The largest absolute Gasteiger partial charge is 0.491 e. The van der Waals surface area contributed by atoms with Gasteiger partial charge in [-0.1, -0.05) is 19.3 Å². The van der Waals surface area contributed by atoms with Crippen LogP contribution in [0, 0.1) is 0 Å². The number of nitrogens with one attached hydrogen (secondary N) is 2. The highest BCUT2D eigenvalue weighted by Crippen LogP contribution is 2.27. The Bertz CT molecular complexity index is 464. The van der Waals surface area contributed by atoms with E-state index in [0.717, 1.165) is 11.4 Å². The molecule has 0 aliphatic heterocycles. The van der Waals surface area contributed by atoms with E-state index in [1.807, 2.05) is 38.1 Å². The molecule has 1 aromatic carbocycles. The second-order valence-electron chi connectivity index (χ2n) is 6.39. The van der Waals surface area contributed by atoms with Gasteiger partial charge in [0.05, 0.1) is 6.10 Å². The highest BCUT2D eigenvalue weighted by atomic mass is 32.1. The van der Waals surface area contributed by atoms with Crippen molar-refractivity contribution in [2.45, 2.75) is 64.5 Å². The van der Waals surface area contributed by atoms with Crippen LogP contribution in [0.4, 0.5) is 5.69 Å². The topological polar surface area (TPSA) is 33.3 Å². The van der Waals surface area contributed by atoms with Crippen molar-refractivity contribution >= 4 is 23.0 Å². The first kappa shape index (κ1) is 16.1. The van der Waals surface area contributed by atoms with Crippen LogP contribution in [0.1, 0.15) is 52.9 Å². The lowest BCUT2D eigenvalue weighted by Gasteiger charge is -2.35. The molecule has 2 N–H and O–H groups in total. The Morgan fingerprint density at radius 3 is 2.33 bits per heavy atom. The fraction of sp³-hybridized carbons (Fsp3) is 0.588. The predicted octanol–water partition coefficient (Wildman–Crippen LogP) is 4.48. The van der Waals surface area contributed by atoms with E-state index >= 15 is 0 Å². The van der Waals surface area contributed by atoms with Crippen LogP contribution >= 0.6 is 12.2 Å². The van der Waals surface area contributed by atoms with Gasteiger partial charge in [0, 0.05) is 11.2 Å². The Hall–Kier alpha value is -1.29. The van der Waals surface area contributed by atoms with Crippen LogP contribution < -0.4 is 15.4 Å². The van der Waals surface area contributed by atoms with E-state index in [0.29, 0.717) is 5.11 Å². The molecule has 21 heavy (non-hydrogen) atoms. The highest BCUT2D eigenvalue weighted by Gasteiger charge is 2.27. The first-order valence-electron chi connectivity index (χ1n) is 7.83. The Labute approximate surface area is 133 Å². The molecule has 1 aliphatic carbocycles. The molecule has 116 valence electrons. The van der Waals surface area contributed by atoms with Crippen molar-refractivity contribution in [2.75, 3.05) is 5.32 Å². The summed E-state index contributed by atoms with van der Waals surface area (Å²) >= 11 is 5.44. The van der Waals surface area contributed by atoms with E-state index in [-0.39, 0.29) is 11.6 Å². The van der Waals surface area contributed by atoms with Gasteiger partial charge in [0.25, 0.3) is 0 Å². The molecular weight excluding hydrogens is 280 g/mol. The smallest absolute Gasteiger partial charge is 0.171 e. The average molecular weight is 306 g/mol. The highest BCUT2D eigenvalue weighted by molar-refractivity contribution is 7.80. The Morgan fingerprint density at radius 1 is 1.14 bits per heavy atom. The van der Waals surface area contributed by atoms with Crippen LogP contribution in [0.2, 0.25) is 0 Å². The van der Waals surface area contributed by atoms with Crippen LogP contribution in [0.25, 0.3) is 0 Å². The Kier molecular flexibility index (Phi) is 5.45. The van der Waals surface area contributed by atoms with Crippen molar-refractivity contribution in [1.82, 2.24) is 5.32 Å². The molecule has 0 aromatic heterocycles. The number of rotatable bonds is 4. The van der Waals surface area contributed by atoms with Gasteiger partial charge >= 0.3 is 0 Å². The second-order valence-corrected chi connectivity index (χ2v) is 6.80. The fourth-order valence-corrected chi connectivity index (χ4v) is 3.15. The summed E-state index contributed by atoms with van der Waals surface area (Å²) in [4.78, 5) is 0. The van der Waals surface area contributed by atoms with Crippen molar-refractivity contribution in [3.8, 4) is 5.75 Å². The minimum atomic E-state index is 0.142. The van der Waals surface area contributed by atoms with Crippen LogP contribution in [0.3, 0.4) is 0 Å². The van der Waals surface area contributed by atoms with Gasteiger partial charge < -0.3 is 15.4 Å². The molecule has 0 saturated heterocycles. The first-order valence-corrected chi connectivity index (χ1v) is 8.24. The summed E-state index contributed by atoms with van der Waals surface area (Å²) in [6.07, 6.45) is 6.49. The Balaban J connectivity index is 1.87. The average Bonchev–Trinajstić information content (AvgIpc) is 2.40. The van der Waals surface area contributed by atoms with Gasteiger partial charge in [0.1, 0.15) is 5.75 Å². The van der Waals surface area contributed by atoms with E-state index < -0.39 is 0 Å². The number of hydrogen-bond donors (Lipinski definition) is 2. The van der Waals surface area contributed by atoms with Crippen LogP contribution in [-0.2, 0) is 0 Å². The Morgan fingerprint density at radius 2 is 1.76 bits per heavy atom. The molecule has 1 fully saturated rings. The summed E-state index contributed by atoms with van der Waals surface area (Å²) in [5.41, 5.74) is 1.13. The quantitative estimate of drug-likeness (QED) is 0.803. The summed E-state index contributed by atoms with van der Waals surface area (Å²) < 4.78 is 5.64. The molecule has 0 amide bonds. The molecule has 1 aliphatic rings. The zero-order chi connectivity index (χ0) is 15.3. The summed E-state index contributed by atoms with van der Waals surface area (Å²) in [6.45, 7) is 6.31. The fourth-order valence-electron chi connectivity index (χ4n) is 2.78. The number of ether oxygens (including phenoxy) is 1. The summed E-state index contributed by atoms with van der Waals surface area (Å²) in [7, 11) is 0. The third-order valence-electron chi connectivity index (χ3n) is 3.86. The SMILES string of the molecule is CC(C)Oc1ccc(NC(=S)NC2(C)CCCCC2)cc1. The summed E-state index contributed by atoms with van der Waals surface area (Å²) in [6, 6.07) is 7.92. The van der Waals surface area contributed by atoms with Crippen LogP contribution in [-0.4, -0.2) is 16.8 Å². The molecule has 0 atom stereocenters. The number of thiocarbonyl (C=S) groups is 1. The molecule has 2 rings (SSSR count). The molecule has 0 bridgehead atoms. The maximum Gasteiger partial charge on any atom is 0.171 e. The third-order valence-corrected chi connectivity index (χ3v) is 4.06. The van der Waals surface area contributed by atoms with E-state index in [4.69, 9.17) is 17.0 Å². The zero-order valence-electron chi connectivity index (χ0n) is 13.2. The lowest BCUT2D eigenvalue weighted by Crippen LogP contribution is -2.48. The lowest BCUT2D eigenvalue weighted by molar-refractivity contribution is 0.242. The second kappa shape index (κ2) is 7.12.